The Morgan fingerprint density at radius 2 is 2.50 bits per heavy atom. The summed E-state index contributed by atoms with van der Waals surface area (Å²) < 4.78 is 4.52. The summed E-state index contributed by atoms with van der Waals surface area (Å²) in [4.78, 5) is 3.57. The summed E-state index contributed by atoms with van der Waals surface area (Å²) in [5.74, 6) is -0.389. The molecule has 0 spiro atoms. The molecule has 0 bridgehead atoms. The molecule has 0 fully saturated rings. The van der Waals surface area contributed by atoms with Crippen molar-refractivity contribution in [1.82, 2.24) is 0 Å². The van der Waals surface area contributed by atoms with E-state index in [0.29, 0.717) is 4.88 Å². The Balaban J connectivity index is 3.09. The number of aliphatic hydroxyl groups excluding tert-OH is 1. The van der Waals surface area contributed by atoms with Gasteiger partial charge in [-0.3, -0.25) is 0 Å². The van der Waals surface area contributed by atoms with Crippen molar-refractivity contribution in [3.8, 4) is 0 Å². The van der Waals surface area contributed by atoms with Crippen LogP contribution >= 0.6 is 11.3 Å². The Hall–Kier alpha value is -1.54. The second-order valence-corrected chi connectivity index (χ2v) is 2.88. The quantitative estimate of drug-likeness (QED) is 0.565. The molecule has 4 nitrogen and oxygen atoms in total. The number of diazo groups is 1. The van der Waals surface area contributed by atoms with Crippen molar-refractivity contribution >= 4 is 17.0 Å². The SMILES string of the molecule is CO/C(O)=C(\[N+]#N)c1cccs1. The van der Waals surface area contributed by atoms with Gasteiger partial charge >= 0.3 is 11.6 Å². The fourth-order valence-corrected chi connectivity index (χ4v) is 1.41. The van der Waals surface area contributed by atoms with Crippen LogP contribution in [0.25, 0.3) is 10.7 Å². The average molecular weight is 183 g/mol. The first kappa shape index (κ1) is 8.56. The molecule has 62 valence electrons. The fourth-order valence-electron chi connectivity index (χ4n) is 0.707. The third-order valence-corrected chi connectivity index (χ3v) is 2.13. The van der Waals surface area contributed by atoms with Crippen molar-refractivity contribution in [3.63, 3.8) is 0 Å². The maximum atomic E-state index is 9.10. The number of methoxy groups -OCH3 is 1. The summed E-state index contributed by atoms with van der Waals surface area (Å²) in [5.41, 5.74) is 0.0486. The number of ether oxygens (including phenoxy) is 1. The minimum Gasteiger partial charge on any atom is -0.475 e. The standard InChI is InChI=1S/C7H6N2O2S/c1-11-7(10)6(9-8)5-3-2-4-12-5/h2-4H,1H3/p+1/b7-6-. The van der Waals surface area contributed by atoms with Crippen LogP contribution in [0.4, 0.5) is 0 Å². The van der Waals surface area contributed by atoms with E-state index in [4.69, 9.17) is 10.5 Å². The minimum atomic E-state index is -0.389. The van der Waals surface area contributed by atoms with Gasteiger partial charge in [-0.1, -0.05) is 6.07 Å². The zero-order valence-electron chi connectivity index (χ0n) is 6.39. The molecule has 0 aliphatic heterocycles. The van der Waals surface area contributed by atoms with Crippen molar-refractivity contribution in [1.29, 1.82) is 5.39 Å². The molecule has 0 aliphatic carbocycles. The number of hydrogen-bond acceptors (Lipinski definition) is 4. The Morgan fingerprint density at radius 3 is 2.92 bits per heavy atom. The van der Waals surface area contributed by atoms with E-state index in [1.165, 1.54) is 18.4 Å². The van der Waals surface area contributed by atoms with Gasteiger partial charge in [-0.15, -0.1) is 11.3 Å². The lowest BCUT2D eigenvalue weighted by molar-refractivity contribution is 0.139. The molecule has 1 rings (SSSR count). The van der Waals surface area contributed by atoms with E-state index < -0.39 is 0 Å². The van der Waals surface area contributed by atoms with Gasteiger partial charge in [0.15, 0.2) is 4.98 Å². The normalized spacial score (nSPS) is 11.7. The molecule has 0 aliphatic rings. The number of nitrogens with zero attached hydrogens (tertiary/aromatic N) is 2. The molecule has 0 amide bonds. The highest BCUT2D eigenvalue weighted by Gasteiger charge is 2.23. The van der Waals surface area contributed by atoms with E-state index in [1.807, 2.05) is 5.38 Å². The first-order valence-electron chi connectivity index (χ1n) is 3.15. The summed E-state index contributed by atoms with van der Waals surface area (Å²) in [5, 5.41) is 19.4. The van der Waals surface area contributed by atoms with Crippen LogP contribution in [0.1, 0.15) is 4.88 Å². The van der Waals surface area contributed by atoms with Gasteiger partial charge in [-0.25, -0.2) is 0 Å². The smallest absolute Gasteiger partial charge is 0.475 e. The topological polar surface area (TPSA) is 57.6 Å². The Bertz CT molecular complexity index is 324. The lowest BCUT2D eigenvalue weighted by atomic mass is 10.4. The summed E-state index contributed by atoms with van der Waals surface area (Å²) in [7, 11) is 1.30. The number of aliphatic hydroxyl groups is 1. The highest BCUT2D eigenvalue weighted by Crippen LogP contribution is 2.23. The summed E-state index contributed by atoms with van der Waals surface area (Å²) in [6, 6.07) is 3.50. The summed E-state index contributed by atoms with van der Waals surface area (Å²) >= 11 is 1.35. The van der Waals surface area contributed by atoms with Crippen molar-refractivity contribution in [2.24, 2.45) is 0 Å². The van der Waals surface area contributed by atoms with Gasteiger partial charge in [0, 0.05) is 0 Å². The second kappa shape index (κ2) is 3.74. The zero-order valence-corrected chi connectivity index (χ0v) is 7.21. The average Bonchev–Trinajstić information content (AvgIpc) is 2.58. The third kappa shape index (κ3) is 1.54. The molecule has 1 heterocycles. The van der Waals surface area contributed by atoms with Crippen LogP contribution in [0.3, 0.4) is 0 Å². The highest BCUT2D eigenvalue weighted by atomic mass is 32.1. The molecule has 0 saturated heterocycles. The van der Waals surface area contributed by atoms with Crippen molar-refractivity contribution in [2.75, 3.05) is 7.11 Å². The van der Waals surface area contributed by atoms with E-state index in [2.05, 4.69) is 9.71 Å². The first-order chi connectivity index (χ1) is 5.79. The van der Waals surface area contributed by atoms with Crippen molar-refractivity contribution < 1.29 is 9.84 Å². The van der Waals surface area contributed by atoms with E-state index >= 15 is 0 Å². The molecule has 0 radical (unpaired) electrons. The van der Waals surface area contributed by atoms with Gasteiger partial charge in [0.2, 0.25) is 5.39 Å². The minimum absolute atomic E-state index is 0.0486. The van der Waals surface area contributed by atoms with E-state index in [-0.39, 0.29) is 11.6 Å². The van der Waals surface area contributed by atoms with E-state index in [9.17, 15) is 0 Å². The Kier molecular flexibility index (Phi) is 2.66. The van der Waals surface area contributed by atoms with Crippen LogP contribution in [-0.4, -0.2) is 12.2 Å². The maximum absolute atomic E-state index is 9.10. The summed E-state index contributed by atoms with van der Waals surface area (Å²) in [6.07, 6.45) is 0. The lowest BCUT2D eigenvalue weighted by Crippen LogP contribution is -1.87. The number of rotatable bonds is 2. The lowest BCUT2D eigenvalue weighted by Gasteiger charge is -1.90. The largest absolute Gasteiger partial charge is 0.480 e. The number of hydrogen-bond donors (Lipinski definition) is 1. The van der Waals surface area contributed by atoms with Gasteiger partial charge in [-0.2, -0.15) is 0 Å². The van der Waals surface area contributed by atoms with E-state index in [0.717, 1.165) is 0 Å². The van der Waals surface area contributed by atoms with Gasteiger partial charge in [0.25, 0.3) is 0 Å². The van der Waals surface area contributed by atoms with Gasteiger partial charge in [-0.05, 0) is 11.4 Å². The number of thiophene rings is 1. The molecule has 0 atom stereocenters. The van der Waals surface area contributed by atoms with Crippen LogP contribution in [0.15, 0.2) is 23.5 Å². The van der Waals surface area contributed by atoms with Gasteiger partial charge in [0.05, 0.1) is 7.11 Å². The molecule has 1 aromatic heterocycles. The first-order valence-corrected chi connectivity index (χ1v) is 4.03. The molecular weight excluding hydrogens is 176 g/mol. The summed E-state index contributed by atoms with van der Waals surface area (Å²) in [6.45, 7) is 0. The van der Waals surface area contributed by atoms with Gasteiger partial charge in [0.1, 0.15) is 4.88 Å². The molecule has 1 aromatic rings. The molecule has 0 unspecified atom stereocenters. The predicted molar refractivity (Wildman–Crippen MR) is 46.0 cm³/mol. The van der Waals surface area contributed by atoms with Crippen LogP contribution in [-0.2, 0) is 4.74 Å². The zero-order chi connectivity index (χ0) is 8.97. The maximum Gasteiger partial charge on any atom is 0.480 e. The fraction of sp³-hybridized carbons (Fsp3) is 0.143. The molecule has 0 aromatic carbocycles. The van der Waals surface area contributed by atoms with Crippen LogP contribution in [0, 0.1) is 5.39 Å². The molecule has 12 heavy (non-hydrogen) atoms. The predicted octanol–water partition coefficient (Wildman–Crippen LogP) is 2.43. The van der Waals surface area contributed by atoms with Crippen LogP contribution in [0.2, 0.25) is 0 Å². The monoisotopic (exact) mass is 183 g/mol. The van der Waals surface area contributed by atoms with E-state index in [1.54, 1.807) is 12.1 Å². The van der Waals surface area contributed by atoms with Crippen LogP contribution < -0.4 is 0 Å². The van der Waals surface area contributed by atoms with Crippen LogP contribution in [0.5, 0.6) is 0 Å². The van der Waals surface area contributed by atoms with Crippen molar-refractivity contribution in [2.45, 2.75) is 0 Å². The van der Waals surface area contributed by atoms with Crippen molar-refractivity contribution in [3.05, 3.63) is 33.3 Å². The molecular formula is C7H7N2O2S+. The molecule has 0 saturated carbocycles. The third-order valence-electron chi connectivity index (χ3n) is 1.25. The molecule has 5 heteroatoms. The second-order valence-electron chi connectivity index (χ2n) is 1.94. The highest BCUT2D eigenvalue weighted by molar-refractivity contribution is 7.11. The Labute approximate surface area is 73.3 Å². The Morgan fingerprint density at radius 1 is 1.75 bits per heavy atom. The molecule has 1 N–H and O–H groups in total. The van der Waals surface area contributed by atoms with Gasteiger partial charge < -0.3 is 9.84 Å².